The minimum absolute atomic E-state index is 0.122. The molecular weight excluding hydrogens is 441 g/mol. The monoisotopic (exact) mass is 455 g/mol. The second-order valence-corrected chi connectivity index (χ2v) is 7.27. The van der Waals surface area contributed by atoms with Gasteiger partial charge in [0.2, 0.25) is 16.2 Å². The van der Waals surface area contributed by atoms with Crippen molar-refractivity contribution < 1.29 is 13.9 Å². The summed E-state index contributed by atoms with van der Waals surface area (Å²) in [5.41, 5.74) is 5.56. The maximum absolute atomic E-state index is 13.8. The smallest absolute Gasteiger partial charge is 0.260 e. The molecule has 2 aromatic heterocycles. The predicted octanol–water partition coefficient (Wildman–Crippen LogP) is 5.64. The Bertz CT molecular complexity index is 1220. The molecule has 156 valence electrons. The molecule has 0 fully saturated rings. The third-order valence-electron chi connectivity index (χ3n) is 4.02. The van der Waals surface area contributed by atoms with Crippen molar-refractivity contribution in [1.82, 2.24) is 15.0 Å². The van der Waals surface area contributed by atoms with E-state index in [9.17, 15) is 4.39 Å². The van der Waals surface area contributed by atoms with Crippen LogP contribution in [0.15, 0.2) is 65.2 Å². The molecule has 0 amide bonds. The highest BCUT2D eigenvalue weighted by Crippen LogP contribution is 2.32. The summed E-state index contributed by atoms with van der Waals surface area (Å²) >= 11 is 7.15. The first-order chi connectivity index (χ1) is 15.1. The van der Waals surface area contributed by atoms with Crippen LogP contribution >= 0.6 is 22.9 Å². The Hall–Kier alpha value is -3.56. The second kappa shape index (κ2) is 9.50. The van der Waals surface area contributed by atoms with Gasteiger partial charge in [-0.1, -0.05) is 30.3 Å². The Balaban J connectivity index is 1.45. The van der Waals surface area contributed by atoms with Crippen LogP contribution in [-0.2, 0) is 0 Å². The SMILES string of the molecule is COc1cc(C=NNc2nc(-c3ccccc3)cs2)ccc1Oc1nc(Cl)ncc1F. The van der Waals surface area contributed by atoms with Crippen LogP contribution in [0.25, 0.3) is 11.3 Å². The van der Waals surface area contributed by atoms with Crippen molar-refractivity contribution in [2.75, 3.05) is 12.5 Å². The Morgan fingerprint density at radius 2 is 1.97 bits per heavy atom. The number of thiazole rings is 1. The molecule has 2 heterocycles. The number of halogens is 2. The van der Waals surface area contributed by atoms with Gasteiger partial charge in [0.15, 0.2) is 11.5 Å². The molecule has 0 aliphatic rings. The van der Waals surface area contributed by atoms with E-state index >= 15 is 0 Å². The maximum Gasteiger partial charge on any atom is 0.260 e. The van der Waals surface area contributed by atoms with Crippen LogP contribution in [0.4, 0.5) is 9.52 Å². The molecule has 2 aromatic carbocycles. The molecule has 0 saturated heterocycles. The van der Waals surface area contributed by atoms with Crippen LogP contribution in [-0.4, -0.2) is 28.3 Å². The lowest BCUT2D eigenvalue weighted by Crippen LogP contribution is -1.97. The molecule has 10 heteroatoms. The lowest BCUT2D eigenvalue weighted by atomic mass is 10.2. The number of aromatic nitrogens is 3. The number of hydrazone groups is 1. The Morgan fingerprint density at radius 1 is 1.13 bits per heavy atom. The predicted molar refractivity (Wildman–Crippen MR) is 119 cm³/mol. The number of hydrogen-bond donors (Lipinski definition) is 1. The Labute approximate surface area is 186 Å². The van der Waals surface area contributed by atoms with Crippen molar-refractivity contribution in [2.45, 2.75) is 0 Å². The van der Waals surface area contributed by atoms with E-state index in [-0.39, 0.29) is 16.9 Å². The minimum Gasteiger partial charge on any atom is -0.493 e. The van der Waals surface area contributed by atoms with E-state index in [1.54, 1.807) is 24.4 Å². The van der Waals surface area contributed by atoms with Crippen molar-refractivity contribution in [3.8, 4) is 28.6 Å². The molecule has 0 aliphatic heterocycles. The van der Waals surface area contributed by atoms with Gasteiger partial charge in [0, 0.05) is 10.9 Å². The highest BCUT2D eigenvalue weighted by Gasteiger charge is 2.12. The first kappa shape index (κ1) is 20.7. The third kappa shape index (κ3) is 5.14. The number of benzene rings is 2. The van der Waals surface area contributed by atoms with Crippen molar-refractivity contribution in [1.29, 1.82) is 0 Å². The molecule has 0 unspecified atom stereocenters. The number of nitrogens with zero attached hydrogens (tertiary/aromatic N) is 4. The number of rotatable bonds is 7. The van der Waals surface area contributed by atoms with Crippen molar-refractivity contribution in [3.63, 3.8) is 0 Å². The third-order valence-corrected chi connectivity index (χ3v) is 4.95. The topological polar surface area (TPSA) is 81.5 Å². The van der Waals surface area contributed by atoms with E-state index in [1.165, 1.54) is 18.4 Å². The molecule has 0 bridgehead atoms. The summed E-state index contributed by atoms with van der Waals surface area (Å²) in [5.74, 6) is -0.383. The fraction of sp³-hybridized carbons (Fsp3) is 0.0476. The zero-order chi connectivity index (χ0) is 21.6. The van der Waals surface area contributed by atoms with Gasteiger partial charge in [-0.15, -0.1) is 11.3 Å². The highest BCUT2D eigenvalue weighted by atomic mass is 35.5. The summed E-state index contributed by atoms with van der Waals surface area (Å²) < 4.78 is 24.6. The van der Waals surface area contributed by atoms with Gasteiger partial charge in [-0.2, -0.15) is 14.5 Å². The molecule has 31 heavy (non-hydrogen) atoms. The fourth-order valence-electron chi connectivity index (χ4n) is 2.58. The Kier molecular flexibility index (Phi) is 6.34. The molecule has 0 radical (unpaired) electrons. The van der Waals surface area contributed by atoms with Crippen LogP contribution in [0.5, 0.6) is 17.4 Å². The summed E-state index contributed by atoms with van der Waals surface area (Å²) in [5, 5.41) is 6.71. The van der Waals surface area contributed by atoms with Crippen LogP contribution < -0.4 is 14.9 Å². The summed E-state index contributed by atoms with van der Waals surface area (Å²) in [6.45, 7) is 0. The van der Waals surface area contributed by atoms with E-state index in [0.717, 1.165) is 23.0 Å². The average Bonchev–Trinajstić information content (AvgIpc) is 3.27. The van der Waals surface area contributed by atoms with Crippen molar-refractivity contribution in [3.05, 3.63) is 76.8 Å². The van der Waals surface area contributed by atoms with Gasteiger partial charge in [-0.25, -0.2) is 9.97 Å². The van der Waals surface area contributed by atoms with Gasteiger partial charge in [0.25, 0.3) is 5.88 Å². The van der Waals surface area contributed by atoms with Gasteiger partial charge in [0.1, 0.15) is 0 Å². The van der Waals surface area contributed by atoms with Crippen molar-refractivity contribution in [2.24, 2.45) is 5.10 Å². The molecule has 4 aromatic rings. The van der Waals surface area contributed by atoms with Gasteiger partial charge >= 0.3 is 0 Å². The largest absolute Gasteiger partial charge is 0.493 e. The summed E-state index contributed by atoms with van der Waals surface area (Å²) in [4.78, 5) is 11.8. The number of ether oxygens (including phenoxy) is 2. The number of nitrogens with one attached hydrogen (secondary N) is 1. The molecule has 4 rings (SSSR count). The second-order valence-electron chi connectivity index (χ2n) is 6.08. The first-order valence-corrected chi connectivity index (χ1v) is 10.2. The number of methoxy groups -OCH3 is 1. The Morgan fingerprint density at radius 3 is 2.77 bits per heavy atom. The minimum atomic E-state index is -0.736. The summed E-state index contributed by atoms with van der Waals surface area (Å²) in [7, 11) is 1.48. The molecule has 0 spiro atoms. The van der Waals surface area contributed by atoms with Crippen molar-refractivity contribution >= 4 is 34.3 Å². The molecule has 0 atom stereocenters. The maximum atomic E-state index is 13.8. The first-order valence-electron chi connectivity index (χ1n) is 8.96. The van der Waals surface area contributed by atoms with E-state index in [4.69, 9.17) is 21.1 Å². The van der Waals surface area contributed by atoms with E-state index in [0.29, 0.717) is 10.9 Å². The van der Waals surface area contributed by atoms with Gasteiger partial charge in [-0.05, 0) is 35.4 Å². The normalized spacial score (nSPS) is 10.9. The molecular formula is C21H15ClFN5O2S. The van der Waals surface area contributed by atoms with Crippen LogP contribution in [0, 0.1) is 5.82 Å². The standard InChI is InChI=1S/C21H15ClFN5O2S/c1-29-18-9-13(7-8-17(18)30-19-15(23)11-24-20(22)27-19)10-25-28-21-26-16(12-31-21)14-5-3-2-4-6-14/h2-12H,1H3,(H,26,28). The lowest BCUT2D eigenvalue weighted by Gasteiger charge is -2.10. The van der Waals surface area contributed by atoms with E-state index < -0.39 is 5.82 Å². The fourth-order valence-corrected chi connectivity index (χ4v) is 3.38. The molecule has 7 nitrogen and oxygen atoms in total. The molecule has 0 saturated carbocycles. The van der Waals surface area contributed by atoms with E-state index in [2.05, 4.69) is 25.5 Å². The lowest BCUT2D eigenvalue weighted by molar-refractivity contribution is 0.363. The van der Waals surface area contributed by atoms with Gasteiger partial charge in [0.05, 0.1) is 25.2 Å². The number of hydrogen-bond acceptors (Lipinski definition) is 8. The van der Waals surface area contributed by atoms with Crippen LogP contribution in [0.1, 0.15) is 5.56 Å². The van der Waals surface area contributed by atoms with E-state index in [1.807, 2.05) is 35.7 Å². The number of anilines is 1. The highest BCUT2D eigenvalue weighted by molar-refractivity contribution is 7.14. The van der Waals surface area contributed by atoms with Crippen LogP contribution in [0.3, 0.4) is 0 Å². The van der Waals surface area contributed by atoms with Crippen LogP contribution in [0.2, 0.25) is 5.28 Å². The molecule has 1 N–H and O–H groups in total. The summed E-state index contributed by atoms with van der Waals surface area (Å²) in [6, 6.07) is 14.9. The zero-order valence-corrected chi connectivity index (χ0v) is 17.7. The van der Waals surface area contributed by atoms with Gasteiger partial charge in [-0.3, -0.25) is 5.43 Å². The average molecular weight is 456 g/mol. The zero-order valence-electron chi connectivity index (χ0n) is 16.1. The summed E-state index contributed by atoms with van der Waals surface area (Å²) in [6.07, 6.45) is 2.55. The molecule has 0 aliphatic carbocycles. The quantitative estimate of drug-likeness (QED) is 0.220. The van der Waals surface area contributed by atoms with Gasteiger partial charge < -0.3 is 9.47 Å².